The topological polar surface area (TPSA) is 94.3 Å². The number of aromatic nitrogens is 4. The predicted octanol–water partition coefficient (Wildman–Crippen LogP) is 3.58. The number of carbonyl (C=O) groups is 1. The molecule has 1 aromatic heterocycles. The van der Waals surface area contributed by atoms with Crippen molar-refractivity contribution in [1.82, 2.24) is 25.6 Å². The molecule has 0 aliphatic carbocycles. The van der Waals surface area contributed by atoms with E-state index in [0.29, 0.717) is 23.7 Å². The fourth-order valence-corrected chi connectivity index (χ4v) is 3.69. The van der Waals surface area contributed by atoms with E-state index in [1.807, 2.05) is 42.5 Å². The van der Waals surface area contributed by atoms with Gasteiger partial charge in [-0.3, -0.25) is 4.79 Å². The van der Waals surface area contributed by atoms with E-state index in [1.54, 1.807) is 6.08 Å². The Hall–Kier alpha value is -2.85. The Morgan fingerprint density at radius 1 is 1.28 bits per heavy atom. The van der Waals surface area contributed by atoms with Crippen LogP contribution >= 0.6 is 31.9 Å². The van der Waals surface area contributed by atoms with Gasteiger partial charge in [0, 0.05) is 15.6 Å². The fourth-order valence-electron chi connectivity index (χ4n) is 2.32. The number of amides is 1. The van der Waals surface area contributed by atoms with Crippen LogP contribution in [0, 0.1) is 0 Å². The number of hydrogen-bond acceptors (Lipinski definition) is 6. The van der Waals surface area contributed by atoms with Crippen LogP contribution in [0.2, 0.25) is 0 Å². The van der Waals surface area contributed by atoms with Gasteiger partial charge in [0.1, 0.15) is 18.9 Å². The van der Waals surface area contributed by atoms with Crippen molar-refractivity contribution in [2.45, 2.75) is 6.54 Å². The van der Waals surface area contributed by atoms with Crippen molar-refractivity contribution in [1.29, 1.82) is 0 Å². The average Bonchev–Trinajstić information content (AvgIpc) is 3.16. The largest absolute Gasteiger partial charge is 0.488 e. The first-order chi connectivity index (χ1) is 14.1. The summed E-state index contributed by atoms with van der Waals surface area (Å²) in [4.78, 5) is 13.3. The molecule has 0 spiro atoms. The quantitative estimate of drug-likeness (QED) is 0.279. The number of carbonyl (C=O) groups excluding carboxylic acids is 1. The molecule has 0 radical (unpaired) electrons. The number of halogens is 2. The van der Waals surface area contributed by atoms with Gasteiger partial charge in [-0.05, 0) is 33.3 Å². The molecule has 3 aromatic rings. The molecule has 0 bridgehead atoms. The van der Waals surface area contributed by atoms with E-state index in [1.165, 1.54) is 11.0 Å². The highest BCUT2D eigenvalue weighted by Crippen LogP contribution is 2.32. The van der Waals surface area contributed by atoms with Crippen molar-refractivity contribution in [2.24, 2.45) is 5.10 Å². The number of rotatable bonds is 8. The van der Waals surface area contributed by atoms with Gasteiger partial charge in [-0.1, -0.05) is 58.9 Å². The molecule has 0 saturated carbocycles. The third-order valence-corrected chi connectivity index (χ3v) is 4.59. The van der Waals surface area contributed by atoms with Gasteiger partial charge < -0.3 is 4.74 Å². The van der Waals surface area contributed by atoms with Gasteiger partial charge in [0.25, 0.3) is 5.91 Å². The average molecular weight is 520 g/mol. The minimum atomic E-state index is -0.388. The molecule has 29 heavy (non-hydrogen) atoms. The van der Waals surface area contributed by atoms with Crippen LogP contribution in [0.4, 0.5) is 0 Å². The summed E-state index contributed by atoms with van der Waals surface area (Å²) in [5.74, 6) is 0.655. The van der Waals surface area contributed by atoms with Gasteiger partial charge in [-0.25, -0.2) is 5.43 Å². The second-order valence-corrected chi connectivity index (χ2v) is 7.48. The van der Waals surface area contributed by atoms with Crippen LogP contribution in [-0.4, -0.2) is 38.9 Å². The van der Waals surface area contributed by atoms with E-state index in [0.717, 1.165) is 14.5 Å². The first-order valence-electron chi connectivity index (χ1n) is 8.44. The molecule has 1 amide bonds. The van der Waals surface area contributed by atoms with Gasteiger partial charge in [-0.2, -0.15) is 9.90 Å². The van der Waals surface area contributed by atoms with Crippen molar-refractivity contribution in [3.8, 4) is 17.1 Å². The van der Waals surface area contributed by atoms with Crippen LogP contribution in [0.5, 0.6) is 5.75 Å². The van der Waals surface area contributed by atoms with Crippen molar-refractivity contribution in [2.75, 3.05) is 6.61 Å². The summed E-state index contributed by atoms with van der Waals surface area (Å²) < 4.78 is 7.24. The minimum Gasteiger partial charge on any atom is -0.488 e. The predicted molar refractivity (Wildman–Crippen MR) is 117 cm³/mol. The van der Waals surface area contributed by atoms with E-state index >= 15 is 0 Å². The van der Waals surface area contributed by atoms with Crippen LogP contribution in [0.25, 0.3) is 11.4 Å². The second kappa shape index (κ2) is 10.1. The minimum absolute atomic E-state index is 0.112. The molecular formula is C19H16Br2N6O2. The maximum atomic E-state index is 12.1. The number of ether oxygens (including phenoxy) is 1. The third-order valence-electron chi connectivity index (χ3n) is 3.55. The Kier molecular flexibility index (Phi) is 7.25. The lowest BCUT2D eigenvalue weighted by molar-refractivity contribution is -0.122. The zero-order valence-electron chi connectivity index (χ0n) is 15.1. The molecule has 0 aliphatic rings. The zero-order valence-corrected chi connectivity index (χ0v) is 18.3. The lowest BCUT2D eigenvalue weighted by Gasteiger charge is -2.10. The van der Waals surface area contributed by atoms with Crippen molar-refractivity contribution in [3.05, 3.63) is 69.6 Å². The third kappa shape index (κ3) is 5.81. The van der Waals surface area contributed by atoms with Gasteiger partial charge in [0.05, 0.1) is 10.7 Å². The summed E-state index contributed by atoms with van der Waals surface area (Å²) in [5, 5.41) is 16.0. The molecule has 10 heteroatoms. The summed E-state index contributed by atoms with van der Waals surface area (Å²) >= 11 is 6.87. The van der Waals surface area contributed by atoms with Crippen molar-refractivity contribution < 1.29 is 9.53 Å². The second-order valence-electron chi connectivity index (χ2n) is 5.71. The SMILES string of the molecule is C=CCOc1c(Br)cc(Br)cc1/C=N/NC(=O)Cn1nnc(-c2ccccc2)n1. The molecule has 2 aromatic carbocycles. The van der Waals surface area contributed by atoms with Crippen LogP contribution in [0.3, 0.4) is 0 Å². The number of nitrogens with one attached hydrogen (secondary N) is 1. The monoisotopic (exact) mass is 518 g/mol. The highest BCUT2D eigenvalue weighted by molar-refractivity contribution is 9.11. The summed E-state index contributed by atoms with van der Waals surface area (Å²) in [6, 6.07) is 13.1. The molecule has 0 atom stereocenters. The molecule has 0 unspecified atom stereocenters. The van der Waals surface area contributed by atoms with Gasteiger partial charge in [0.2, 0.25) is 5.82 Å². The smallest absolute Gasteiger partial charge is 0.263 e. The molecule has 3 rings (SSSR count). The maximum Gasteiger partial charge on any atom is 0.263 e. The Labute approximate surface area is 183 Å². The van der Waals surface area contributed by atoms with Crippen LogP contribution < -0.4 is 10.2 Å². The summed E-state index contributed by atoms with van der Waals surface area (Å²) in [6.45, 7) is 3.87. The zero-order chi connectivity index (χ0) is 20.6. The van der Waals surface area contributed by atoms with Gasteiger partial charge in [0.15, 0.2) is 0 Å². The molecule has 0 aliphatic heterocycles. The molecule has 1 N–H and O–H groups in total. The number of tetrazole rings is 1. The number of benzene rings is 2. The highest BCUT2D eigenvalue weighted by Gasteiger charge is 2.10. The highest BCUT2D eigenvalue weighted by atomic mass is 79.9. The molecule has 1 heterocycles. The summed E-state index contributed by atoms with van der Waals surface area (Å²) in [7, 11) is 0. The Morgan fingerprint density at radius 3 is 2.83 bits per heavy atom. The number of nitrogens with zero attached hydrogens (tertiary/aromatic N) is 5. The van der Waals surface area contributed by atoms with Crippen LogP contribution in [0.15, 0.2) is 69.2 Å². The maximum absolute atomic E-state index is 12.1. The van der Waals surface area contributed by atoms with E-state index in [4.69, 9.17) is 4.74 Å². The van der Waals surface area contributed by atoms with Gasteiger partial charge >= 0.3 is 0 Å². The first kappa shape index (κ1) is 20.9. The summed E-state index contributed by atoms with van der Waals surface area (Å²) in [6.07, 6.45) is 3.14. The Bertz CT molecular complexity index is 1040. The molecular weight excluding hydrogens is 504 g/mol. The van der Waals surface area contributed by atoms with E-state index < -0.39 is 0 Å². The van der Waals surface area contributed by atoms with E-state index in [9.17, 15) is 4.79 Å². The molecule has 0 saturated heterocycles. The molecule has 8 nitrogen and oxygen atoms in total. The van der Waals surface area contributed by atoms with Crippen LogP contribution in [-0.2, 0) is 11.3 Å². The fraction of sp³-hybridized carbons (Fsp3) is 0.105. The van der Waals surface area contributed by atoms with E-state index in [-0.39, 0.29) is 12.5 Å². The van der Waals surface area contributed by atoms with E-state index in [2.05, 4.69) is 64.4 Å². The first-order valence-corrected chi connectivity index (χ1v) is 10.0. The van der Waals surface area contributed by atoms with Crippen LogP contribution in [0.1, 0.15) is 5.56 Å². The molecule has 0 fully saturated rings. The Morgan fingerprint density at radius 2 is 2.07 bits per heavy atom. The lowest BCUT2D eigenvalue weighted by Crippen LogP contribution is -2.24. The lowest BCUT2D eigenvalue weighted by atomic mass is 10.2. The normalized spacial score (nSPS) is 10.8. The number of hydrazone groups is 1. The van der Waals surface area contributed by atoms with Crippen molar-refractivity contribution in [3.63, 3.8) is 0 Å². The van der Waals surface area contributed by atoms with Crippen molar-refractivity contribution >= 4 is 44.0 Å². The van der Waals surface area contributed by atoms with Gasteiger partial charge in [-0.15, -0.1) is 10.2 Å². The standard InChI is InChI=1S/C19H16Br2N6O2/c1-2-8-29-18-14(9-15(20)10-16(18)21)11-22-23-17(28)12-27-25-19(24-26-27)13-6-4-3-5-7-13/h2-7,9-11H,1,8,12H2,(H,23,28)/b22-11+. The number of hydrogen-bond donors (Lipinski definition) is 1. The summed E-state index contributed by atoms with van der Waals surface area (Å²) in [5.41, 5.74) is 3.95. The Balaban J connectivity index is 1.63. The molecule has 148 valence electrons.